The zero-order valence-electron chi connectivity index (χ0n) is 12.9. The molecule has 1 heterocycles. The van der Waals surface area contributed by atoms with E-state index in [1.807, 2.05) is 43.3 Å². The van der Waals surface area contributed by atoms with E-state index in [0.717, 1.165) is 28.6 Å². The Kier molecular flexibility index (Phi) is 6.40. The van der Waals surface area contributed by atoms with E-state index in [2.05, 4.69) is 5.32 Å². The number of nitrogens with one attached hydrogen (secondary N) is 1. The molecule has 0 saturated carbocycles. The Balaban J connectivity index is 1.64. The molecule has 1 aromatic heterocycles. The van der Waals surface area contributed by atoms with Crippen LogP contribution in [0.1, 0.15) is 18.2 Å². The van der Waals surface area contributed by atoms with Crippen molar-refractivity contribution in [1.82, 2.24) is 5.32 Å². The van der Waals surface area contributed by atoms with Crippen molar-refractivity contribution in [2.75, 3.05) is 12.3 Å². The molecule has 0 radical (unpaired) electrons. The number of carbonyl (C=O) groups excluding carboxylic acids is 1. The number of aryl methyl sites for hydroxylation is 1. The predicted molar refractivity (Wildman–Crippen MR) is 89.1 cm³/mol. The molecule has 0 bridgehead atoms. The molecule has 0 aliphatic heterocycles. The van der Waals surface area contributed by atoms with Crippen LogP contribution in [0.5, 0.6) is 5.75 Å². The van der Waals surface area contributed by atoms with E-state index in [9.17, 15) is 4.79 Å². The standard InChI is InChI=1S/C17H21NO3S/c1-13-5-3-6-15(11-13)21-14(2)17(19)18-8-10-22-12-16-7-4-9-20-16/h3-7,9,11,14H,8,10,12H2,1-2H3,(H,18,19)/t14-/m0/s1. The molecule has 1 aromatic carbocycles. The van der Waals surface area contributed by atoms with Crippen LogP contribution in [0.15, 0.2) is 47.1 Å². The van der Waals surface area contributed by atoms with Gasteiger partial charge in [0.2, 0.25) is 0 Å². The first-order chi connectivity index (χ1) is 10.6. The van der Waals surface area contributed by atoms with Gasteiger partial charge < -0.3 is 14.5 Å². The number of amides is 1. The molecule has 0 saturated heterocycles. The molecule has 2 aromatic rings. The predicted octanol–water partition coefficient (Wildman–Crippen LogP) is 3.40. The number of thioether (sulfide) groups is 1. The molecular weight excluding hydrogens is 298 g/mol. The molecule has 0 aliphatic rings. The molecule has 118 valence electrons. The van der Waals surface area contributed by atoms with Gasteiger partial charge in [0.05, 0.1) is 12.0 Å². The van der Waals surface area contributed by atoms with Gasteiger partial charge in [-0.3, -0.25) is 4.79 Å². The molecule has 5 heteroatoms. The summed E-state index contributed by atoms with van der Waals surface area (Å²) in [6.07, 6.45) is 1.17. The van der Waals surface area contributed by atoms with Crippen LogP contribution in [0.25, 0.3) is 0 Å². The van der Waals surface area contributed by atoms with Crippen molar-refractivity contribution < 1.29 is 13.9 Å². The normalized spacial score (nSPS) is 11.9. The number of furan rings is 1. The molecule has 1 amide bonds. The first-order valence-corrected chi connectivity index (χ1v) is 8.42. The quantitative estimate of drug-likeness (QED) is 0.758. The maximum atomic E-state index is 12.0. The van der Waals surface area contributed by atoms with Crippen molar-refractivity contribution in [3.8, 4) is 5.75 Å². The summed E-state index contributed by atoms with van der Waals surface area (Å²) in [7, 11) is 0. The third-order valence-corrected chi connectivity index (χ3v) is 4.02. The highest BCUT2D eigenvalue weighted by molar-refractivity contribution is 7.98. The molecule has 0 fully saturated rings. The van der Waals surface area contributed by atoms with Gasteiger partial charge in [-0.1, -0.05) is 12.1 Å². The van der Waals surface area contributed by atoms with Crippen LogP contribution in [0.2, 0.25) is 0 Å². The number of rotatable bonds is 8. The van der Waals surface area contributed by atoms with Crippen LogP contribution in [-0.4, -0.2) is 24.3 Å². The molecule has 0 aliphatic carbocycles. The van der Waals surface area contributed by atoms with Crippen LogP contribution in [0.4, 0.5) is 0 Å². The lowest BCUT2D eigenvalue weighted by molar-refractivity contribution is -0.127. The van der Waals surface area contributed by atoms with Gasteiger partial charge in [-0.05, 0) is 43.7 Å². The Morgan fingerprint density at radius 1 is 1.36 bits per heavy atom. The topological polar surface area (TPSA) is 51.5 Å². The fraction of sp³-hybridized carbons (Fsp3) is 0.353. The van der Waals surface area contributed by atoms with E-state index in [0.29, 0.717) is 6.54 Å². The molecule has 1 atom stereocenters. The van der Waals surface area contributed by atoms with Crippen LogP contribution in [-0.2, 0) is 10.5 Å². The largest absolute Gasteiger partial charge is 0.481 e. The monoisotopic (exact) mass is 319 g/mol. The van der Waals surface area contributed by atoms with Gasteiger partial charge in [0.25, 0.3) is 5.91 Å². The molecule has 0 unspecified atom stereocenters. The minimum atomic E-state index is -0.503. The molecule has 4 nitrogen and oxygen atoms in total. The molecule has 2 rings (SSSR count). The van der Waals surface area contributed by atoms with Crippen LogP contribution in [0.3, 0.4) is 0 Å². The Labute approximate surface area is 135 Å². The Morgan fingerprint density at radius 3 is 2.95 bits per heavy atom. The van der Waals surface area contributed by atoms with Crippen molar-refractivity contribution in [2.45, 2.75) is 25.7 Å². The summed E-state index contributed by atoms with van der Waals surface area (Å²) in [5.41, 5.74) is 1.11. The second kappa shape index (κ2) is 8.54. The average molecular weight is 319 g/mol. The second-order valence-electron chi connectivity index (χ2n) is 5.00. The van der Waals surface area contributed by atoms with Crippen LogP contribution < -0.4 is 10.1 Å². The van der Waals surface area contributed by atoms with Crippen LogP contribution >= 0.6 is 11.8 Å². The van der Waals surface area contributed by atoms with Crippen molar-refractivity contribution >= 4 is 17.7 Å². The van der Waals surface area contributed by atoms with Crippen molar-refractivity contribution in [3.63, 3.8) is 0 Å². The Bertz CT molecular complexity index is 583. The highest BCUT2D eigenvalue weighted by Gasteiger charge is 2.13. The minimum absolute atomic E-state index is 0.0971. The van der Waals surface area contributed by atoms with Crippen molar-refractivity contribution in [3.05, 3.63) is 54.0 Å². The summed E-state index contributed by atoms with van der Waals surface area (Å²) < 4.78 is 10.9. The third kappa shape index (κ3) is 5.48. The maximum absolute atomic E-state index is 12.0. The third-order valence-electron chi connectivity index (χ3n) is 3.04. The second-order valence-corrected chi connectivity index (χ2v) is 6.10. The number of carbonyl (C=O) groups is 1. The summed E-state index contributed by atoms with van der Waals surface area (Å²) in [5, 5.41) is 2.88. The number of hydrogen-bond acceptors (Lipinski definition) is 4. The van der Waals surface area contributed by atoms with Gasteiger partial charge in [0.15, 0.2) is 6.10 Å². The molecule has 22 heavy (non-hydrogen) atoms. The Morgan fingerprint density at radius 2 is 2.23 bits per heavy atom. The molecule has 0 spiro atoms. The zero-order chi connectivity index (χ0) is 15.8. The fourth-order valence-electron chi connectivity index (χ4n) is 1.90. The minimum Gasteiger partial charge on any atom is -0.481 e. The van der Waals surface area contributed by atoms with E-state index in [4.69, 9.17) is 9.15 Å². The summed E-state index contributed by atoms with van der Waals surface area (Å²) >= 11 is 1.72. The highest BCUT2D eigenvalue weighted by atomic mass is 32.2. The first-order valence-electron chi connectivity index (χ1n) is 7.26. The Hall–Kier alpha value is -1.88. The lowest BCUT2D eigenvalue weighted by Crippen LogP contribution is -2.37. The van der Waals surface area contributed by atoms with Crippen molar-refractivity contribution in [2.24, 2.45) is 0 Å². The van der Waals surface area contributed by atoms with E-state index in [-0.39, 0.29) is 5.91 Å². The van der Waals surface area contributed by atoms with Gasteiger partial charge in [0.1, 0.15) is 11.5 Å². The summed E-state index contributed by atoms with van der Waals surface area (Å²) in [5.74, 6) is 3.23. The molecular formula is C17H21NO3S. The summed E-state index contributed by atoms with van der Waals surface area (Å²) in [6, 6.07) is 11.5. The highest BCUT2D eigenvalue weighted by Crippen LogP contribution is 2.14. The lowest BCUT2D eigenvalue weighted by Gasteiger charge is -2.15. The first kappa shape index (κ1) is 16.5. The SMILES string of the molecule is Cc1cccc(O[C@@H](C)C(=O)NCCSCc2ccco2)c1. The average Bonchev–Trinajstić information content (AvgIpc) is 3.00. The van der Waals surface area contributed by atoms with E-state index < -0.39 is 6.10 Å². The summed E-state index contributed by atoms with van der Waals surface area (Å²) in [6.45, 7) is 4.37. The van der Waals surface area contributed by atoms with Gasteiger partial charge >= 0.3 is 0 Å². The van der Waals surface area contributed by atoms with E-state index in [1.165, 1.54) is 0 Å². The van der Waals surface area contributed by atoms with E-state index >= 15 is 0 Å². The van der Waals surface area contributed by atoms with Gasteiger partial charge in [0, 0.05) is 12.3 Å². The maximum Gasteiger partial charge on any atom is 0.260 e. The summed E-state index contributed by atoms with van der Waals surface area (Å²) in [4.78, 5) is 12.0. The smallest absolute Gasteiger partial charge is 0.260 e. The fourth-order valence-corrected chi connectivity index (χ4v) is 2.66. The lowest BCUT2D eigenvalue weighted by atomic mass is 10.2. The van der Waals surface area contributed by atoms with Gasteiger partial charge in [-0.2, -0.15) is 11.8 Å². The number of benzene rings is 1. The number of ether oxygens (including phenoxy) is 1. The number of hydrogen-bond donors (Lipinski definition) is 1. The van der Waals surface area contributed by atoms with Crippen LogP contribution in [0, 0.1) is 6.92 Å². The molecule has 1 N–H and O–H groups in total. The van der Waals surface area contributed by atoms with Gasteiger partial charge in [-0.25, -0.2) is 0 Å². The van der Waals surface area contributed by atoms with E-state index in [1.54, 1.807) is 24.9 Å². The zero-order valence-corrected chi connectivity index (χ0v) is 13.7. The van der Waals surface area contributed by atoms with Gasteiger partial charge in [-0.15, -0.1) is 0 Å². The van der Waals surface area contributed by atoms with Crippen molar-refractivity contribution in [1.29, 1.82) is 0 Å².